The van der Waals surface area contributed by atoms with E-state index in [9.17, 15) is 14.3 Å². The highest BCUT2D eigenvalue weighted by molar-refractivity contribution is 8.07. The highest BCUT2D eigenvalue weighted by atomic mass is 32.5. The van der Waals surface area contributed by atoms with Crippen molar-refractivity contribution in [2.24, 2.45) is 0 Å². The number of imidazole rings is 1. The number of H-pyrrole nitrogens is 1. The molecule has 8 atom stereocenters. The van der Waals surface area contributed by atoms with E-state index in [1.165, 1.54) is 17.2 Å². The van der Waals surface area contributed by atoms with Gasteiger partial charge in [0.1, 0.15) is 48.9 Å². The van der Waals surface area contributed by atoms with Gasteiger partial charge in [-0.15, -0.1) is 9.05 Å². The minimum atomic E-state index is -3.89. The molecule has 42 heavy (non-hydrogen) atoms. The Bertz CT molecular complexity index is 1800. The molecule has 0 aromatic carbocycles. The molecule has 2 bridgehead atoms. The van der Waals surface area contributed by atoms with E-state index in [0.717, 1.165) is 0 Å². The summed E-state index contributed by atoms with van der Waals surface area (Å²) >= 11 is 5.34. The molecule has 7 rings (SSSR count). The number of anilines is 2. The van der Waals surface area contributed by atoms with Crippen LogP contribution in [0.2, 0.25) is 0 Å². The topological polar surface area (TPSA) is 239 Å². The van der Waals surface area contributed by atoms with Crippen LogP contribution < -0.4 is 17.0 Å². The number of nitrogens with one attached hydrogen (secondary N) is 1. The molecule has 6 N–H and O–H groups in total. The van der Waals surface area contributed by atoms with E-state index in [1.54, 1.807) is 16.8 Å². The fourth-order valence-electron chi connectivity index (χ4n) is 5.30. The number of nitrogen functional groups attached to an aromatic ring is 2. The first kappa shape index (κ1) is 27.8. The van der Waals surface area contributed by atoms with Crippen LogP contribution in [-0.4, -0.2) is 76.6 Å². The van der Waals surface area contributed by atoms with E-state index in [-0.39, 0.29) is 43.2 Å². The average Bonchev–Trinajstić information content (AvgIpc) is 3.71. The first-order valence-corrected chi connectivity index (χ1v) is 16.4. The number of aromatic amines is 1. The van der Waals surface area contributed by atoms with Gasteiger partial charge in [0.25, 0.3) is 5.56 Å². The largest absolute Gasteiger partial charge is 0.697 e. The zero-order valence-electron chi connectivity index (χ0n) is 21.5. The first-order valence-electron chi connectivity index (χ1n) is 12.7. The summed E-state index contributed by atoms with van der Waals surface area (Å²) in [6.45, 7) is -4.27. The highest BCUT2D eigenvalue weighted by Gasteiger charge is 2.47. The van der Waals surface area contributed by atoms with Crippen molar-refractivity contribution in [3.05, 3.63) is 35.3 Å². The standard InChI is InChI=1S/C21H23N9O9P2S/c22-16-10-1-2-29(17(10)25-7-24-16)14-4-11-13(37-14)6-35-41(33,42)39-12-3-9(5-34-40(32)38-11)36-20(12)30-8-26-15-18(30)27-21(23)28-19(15)31/h1-2,7-9,11-14,20H,3-6H2,(H5-,22,23,24,25,27,28,31,33,42)/p+1/t9-,11-,12+,13+,14+,20+,41?/m0/s1. The number of hydrogen-bond acceptors (Lipinski definition) is 15. The van der Waals surface area contributed by atoms with Crippen LogP contribution in [0, 0.1) is 0 Å². The van der Waals surface area contributed by atoms with Gasteiger partial charge in [-0.05, 0) is 17.9 Å². The van der Waals surface area contributed by atoms with Crippen molar-refractivity contribution in [3.63, 3.8) is 0 Å². The van der Waals surface area contributed by atoms with Gasteiger partial charge in [-0.1, -0.05) is 0 Å². The van der Waals surface area contributed by atoms with Gasteiger partial charge in [0.2, 0.25) is 5.95 Å². The van der Waals surface area contributed by atoms with Crippen molar-refractivity contribution in [2.45, 2.75) is 49.7 Å². The van der Waals surface area contributed by atoms with Crippen LogP contribution in [0.1, 0.15) is 25.3 Å². The Morgan fingerprint density at radius 2 is 1.95 bits per heavy atom. The summed E-state index contributed by atoms with van der Waals surface area (Å²) in [5, 5.41) is 0.646. The smallest absolute Gasteiger partial charge is 0.383 e. The maximum absolute atomic E-state index is 12.9. The second kappa shape index (κ2) is 10.6. The Morgan fingerprint density at radius 1 is 1.10 bits per heavy atom. The summed E-state index contributed by atoms with van der Waals surface area (Å²) in [6.07, 6.45) is 0.246. The molecule has 4 aromatic rings. The molecule has 0 saturated carbocycles. The first-order chi connectivity index (χ1) is 20.1. The maximum Gasteiger partial charge on any atom is 0.697 e. The van der Waals surface area contributed by atoms with Crippen molar-refractivity contribution in [1.29, 1.82) is 0 Å². The summed E-state index contributed by atoms with van der Waals surface area (Å²) < 4.78 is 51.2. The van der Waals surface area contributed by atoms with Gasteiger partial charge >= 0.3 is 15.0 Å². The third kappa shape index (κ3) is 5.11. The lowest BCUT2D eigenvalue weighted by atomic mass is 10.2. The van der Waals surface area contributed by atoms with E-state index in [2.05, 4.69) is 24.9 Å². The number of aromatic nitrogens is 7. The molecule has 2 unspecified atom stereocenters. The number of fused-ring (bicyclic) bond motifs is 5. The number of nitrogens with zero attached hydrogens (tertiary/aromatic N) is 6. The third-order valence-corrected chi connectivity index (χ3v) is 9.55. The molecular formula is C21H24N9O9P2S+. The van der Waals surface area contributed by atoms with E-state index in [4.69, 9.17) is 50.8 Å². The van der Waals surface area contributed by atoms with Crippen LogP contribution in [0.4, 0.5) is 11.8 Å². The van der Waals surface area contributed by atoms with Crippen molar-refractivity contribution in [1.82, 2.24) is 34.1 Å². The van der Waals surface area contributed by atoms with Gasteiger partial charge in [0.05, 0.1) is 24.4 Å². The molecule has 4 aromatic heterocycles. The molecule has 0 spiro atoms. The van der Waals surface area contributed by atoms with Crippen molar-refractivity contribution in [3.8, 4) is 0 Å². The third-order valence-electron chi connectivity index (χ3n) is 7.16. The lowest BCUT2D eigenvalue weighted by Gasteiger charge is -2.25. The lowest BCUT2D eigenvalue weighted by Crippen LogP contribution is -2.28. The predicted octanol–water partition coefficient (Wildman–Crippen LogP) is 0.995. The summed E-state index contributed by atoms with van der Waals surface area (Å²) in [5.74, 6) is 0.197. The Labute approximate surface area is 241 Å². The quantitative estimate of drug-likeness (QED) is 0.223. The zero-order valence-corrected chi connectivity index (χ0v) is 24.1. The van der Waals surface area contributed by atoms with E-state index in [1.807, 2.05) is 0 Å². The molecule has 222 valence electrons. The summed E-state index contributed by atoms with van der Waals surface area (Å²) in [6, 6.07) is 1.76. The van der Waals surface area contributed by atoms with E-state index < -0.39 is 57.4 Å². The molecule has 21 heteroatoms. The minimum Gasteiger partial charge on any atom is -0.383 e. The number of hydrogen-bond donors (Lipinski definition) is 4. The summed E-state index contributed by atoms with van der Waals surface area (Å²) in [7, 11) is -2.61. The fraction of sp³-hybridized carbons (Fsp3) is 0.476. The molecule has 7 heterocycles. The van der Waals surface area contributed by atoms with Crippen LogP contribution in [0.25, 0.3) is 22.2 Å². The normalized spacial score (nSPS) is 33.3. The molecule has 3 fully saturated rings. The Balaban J connectivity index is 1.15. The number of nitrogens with two attached hydrogens (primary N) is 2. The Morgan fingerprint density at radius 3 is 2.81 bits per heavy atom. The Kier molecular flexibility index (Phi) is 7.05. The molecule has 3 aliphatic rings. The van der Waals surface area contributed by atoms with Gasteiger partial charge in [-0.3, -0.25) is 14.3 Å². The summed E-state index contributed by atoms with van der Waals surface area (Å²) in [5.41, 5.74) is 11.9. The zero-order chi connectivity index (χ0) is 29.2. The lowest BCUT2D eigenvalue weighted by molar-refractivity contribution is -0.0574. The minimum absolute atomic E-state index is 0.0282. The SMILES string of the molecule is Nc1nc2c(ncn2[C@@H]2O[C@@H]3CO[P+](=O)O[C@H]4C[C@H](n5ccc6c(N)ncnc65)O[C@@H]4COP(O)(=S)O[C@@H]2C3)c(=O)[nH]1. The Hall–Kier alpha value is -2.96. The van der Waals surface area contributed by atoms with Crippen LogP contribution >= 0.6 is 15.0 Å². The average molecular weight is 640 g/mol. The fourth-order valence-corrected chi connectivity index (χ4v) is 7.54. The van der Waals surface area contributed by atoms with Crippen LogP contribution in [0.5, 0.6) is 0 Å². The van der Waals surface area contributed by atoms with Crippen molar-refractivity contribution >= 4 is 60.7 Å². The molecular weight excluding hydrogens is 616 g/mol. The van der Waals surface area contributed by atoms with Gasteiger partial charge in [-0.25, -0.2) is 15.0 Å². The molecule has 3 aliphatic heterocycles. The number of ether oxygens (including phenoxy) is 2. The predicted molar refractivity (Wildman–Crippen MR) is 147 cm³/mol. The molecule has 0 aliphatic carbocycles. The van der Waals surface area contributed by atoms with Crippen molar-refractivity contribution in [2.75, 3.05) is 24.7 Å². The van der Waals surface area contributed by atoms with Gasteiger partial charge in [-0.2, -0.15) is 4.98 Å². The van der Waals surface area contributed by atoms with Crippen LogP contribution in [0.15, 0.2) is 29.7 Å². The van der Waals surface area contributed by atoms with E-state index in [0.29, 0.717) is 16.9 Å². The second-order valence-corrected chi connectivity index (χ2v) is 13.5. The van der Waals surface area contributed by atoms with Gasteiger partial charge in [0.15, 0.2) is 17.4 Å². The van der Waals surface area contributed by atoms with Gasteiger partial charge in [0, 0.05) is 23.6 Å². The molecule has 18 nitrogen and oxygen atoms in total. The van der Waals surface area contributed by atoms with Gasteiger partial charge < -0.3 is 39.4 Å². The second-order valence-electron chi connectivity index (χ2n) is 9.82. The summed E-state index contributed by atoms with van der Waals surface area (Å²) in [4.78, 5) is 42.3. The van der Waals surface area contributed by atoms with Crippen molar-refractivity contribution < 1.29 is 37.0 Å². The van der Waals surface area contributed by atoms with Crippen LogP contribution in [-0.2, 0) is 43.9 Å². The molecule has 0 amide bonds. The monoisotopic (exact) mass is 640 g/mol. The maximum atomic E-state index is 12.9. The van der Waals surface area contributed by atoms with E-state index >= 15 is 0 Å². The van der Waals surface area contributed by atoms with Crippen LogP contribution in [0.3, 0.4) is 0 Å². The molecule has 3 saturated heterocycles. The molecule has 0 radical (unpaired) electrons. The highest BCUT2D eigenvalue weighted by Crippen LogP contribution is 2.51. The number of rotatable bonds is 2.